The van der Waals surface area contributed by atoms with Crippen molar-refractivity contribution in [1.82, 2.24) is 10.6 Å². The summed E-state index contributed by atoms with van der Waals surface area (Å²) >= 11 is 0. The van der Waals surface area contributed by atoms with Crippen LogP contribution in [0.5, 0.6) is 0 Å². The van der Waals surface area contributed by atoms with Crippen LogP contribution >= 0.6 is 0 Å². The highest BCUT2D eigenvalue weighted by Gasteiger charge is 2.28. The smallest absolute Gasteiger partial charge is 0.0601 e. The number of hydrogen-bond acceptors (Lipinski definition) is 3. The molecular formula is C10H20N2O. The standard InChI is InChI=1S/C10H20N2O/c1-13-10-6-9(7-10)12-5-4-11-8-2-3-8/h8-12H,2-7H2,1H3. The normalized spacial score (nSPS) is 33.0. The Morgan fingerprint density at radius 1 is 1.08 bits per heavy atom. The average Bonchev–Trinajstić information content (AvgIpc) is 2.84. The molecule has 0 aromatic rings. The number of ether oxygens (including phenoxy) is 1. The third-order valence-corrected chi connectivity index (χ3v) is 3.00. The van der Waals surface area contributed by atoms with E-state index < -0.39 is 0 Å². The van der Waals surface area contributed by atoms with Gasteiger partial charge in [-0.25, -0.2) is 0 Å². The molecule has 2 saturated carbocycles. The molecule has 2 fully saturated rings. The molecule has 0 unspecified atom stereocenters. The summed E-state index contributed by atoms with van der Waals surface area (Å²) in [4.78, 5) is 0. The van der Waals surface area contributed by atoms with E-state index in [1.54, 1.807) is 7.11 Å². The van der Waals surface area contributed by atoms with Gasteiger partial charge in [-0.2, -0.15) is 0 Å². The molecule has 0 aliphatic heterocycles. The van der Waals surface area contributed by atoms with Crippen molar-refractivity contribution in [3.63, 3.8) is 0 Å². The molecule has 0 bridgehead atoms. The van der Waals surface area contributed by atoms with Crippen LogP contribution in [0.3, 0.4) is 0 Å². The quantitative estimate of drug-likeness (QED) is 0.590. The van der Waals surface area contributed by atoms with E-state index in [0.717, 1.165) is 19.1 Å². The molecule has 3 nitrogen and oxygen atoms in total. The van der Waals surface area contributed by atoms with E-state index in [0.29, 0.717) is 12.1 Å². The predicted molar refractivity (Wildman–Crippen MR) is 52.8 cm³/mol. The molecule has 0 aromatic heterocycles. The highest BCUT2D eigenvalue weighted by Crippen LogP contribution is 2.22. The molecule has 76 valence electrons. The second-order valence-corrected chi connectivity index (χ2v) is 4.21. The third-order valence-electron chi connectivity index (χ3n) is 3.00. The van der Waals surface area contributed by atoms with E-state index in [4.69, 9.17) is 4.74 Å². The van der Waals surface area contributed by atoms with Crippen LogP contribution < -0.4 is 10.6 Å². The van der Waals surface area contributed by atoms with Crippen molar-refractivity contribution in [3.8, 4) is 0 Å². The summed E-state index contributed by atoms with van der Waals surface area (Å²) in [5, 5.41) is 7.02. The summed E-state index contributed by atoms with van der Waals surface area (Å²) in [5.74, 6) is 0. The van der Waals surface area contributed by atoms with Crippen molar-refractivity contribution >= 4 is 0 Å². The molecule has 2 rings (SSSR count). The Balaban J connectivity index is 1.41. The zero-order chi connectivity index (χ0) is 9.10. The van der Waals surface area contributed by atoms with Crippen LogP contribution in [-0.2, 0) is 4.74 Å². The SMILES string of the molecule is COC1CC(NCCNC2CC2)C1. The number of methoxy groups -OCH3 is 1. The Kier molecular flexibility index (Phi) is 3.19. The molecule has 2 N–H and O–H groups in total. The van der Waals surface area contributed by atoms with Gasteiger partial charge in [-0.1, -0.05) is 0 Å². The fraction of sp³-hybridized carbons (Fsp3) is 1.00. The Morgan fingerprint density at radius 2 is 1.69 bits per heavy atom. The van der Waals surface area contributed by atoms with Gasteiger partial charge in [0.15, 0.2) is 0 Å². The van der Waals surface area contributed by atoms with Crippen molar-refractivity contribution in [3.05, 3.63) is 0 Å². The van der Waals surface area contributed by atoms with E-state index in [-0.39, 0.29) is 0 Å². The molecule has 0 radical (unpaired) electrons. The van der Waals surface area contributed by atoms with Gasteiger partial charge < -0.3 is 15.4 Å². The van der Waals surface area contributed by atoms with Gasteiger partial charge >= 0.3 is 0 Å². The average molecular weight is 184 g/mol. The van der Waals surface area contributed by atoms with Crippen molar-refractivity contribution in [2.75, 3.05) is 20.2 Å². The van der Waals surface area contributed by atoms with Crippen molar-refractivity contribution in [2.24, 2.45) is 0 Å². The maximum absolute atomic E-state index is 5.22. The fourth-order valence-electron chi connectivity index (χ4n) is 1.76. The monoisotopic (exact) mass is 184 g/mol. The van der Waals surface area contributed by atoms with Crippen LogP contribution in [0, 0.1) is 0 Å². The van der Waals surface area contributed by atoms with Gasteiger partial charge in [-0.15, -0.1) is 0 Å². The first-order valence-electron chi connectivity index (χ1n) is 5.38. The van der Waals surface area contributed by atoms with E-state index in [1.807, 2.05) is 0 Å². The summed E-state index contributed by atoms with van der Waals surface area (Å²) in [6, 6.07) is 1.56. The Hall–Kier alpha value is -0.120. The van der Waals surface area contributed by atoms with Gasteiger partial charge in [0, 0.05) is 32.3 Å². The zero-order valence-corrected chi connectivity index (χ0v) is 8.38. The topological polar surface area (TPSA) is 33.3 Å². The minimum Gasteiger partial charge on any atom is -0.381 e. The Morgan fingerprint density at radius 3 is 2.23 bits per heavy atom. The van der Waals surface area contributed by atoms with Crippen molar-refractivity contribution in [2.45, 2.75) is 43.9 Å². The molecule has 2 aliphatic rings. The summed E-state index contributed by atoms with van der Waals surface area (Å²) in [6.45, 7) is 2.23. The van der Waals surface area contributed by atoms with Gasteiger partial charge in [-0.3, -0.25) is 0 Å². The minimum absolute atomic E-state index is 0.522. The van der Waals surface area contributed by atoms with Gasteiger partial charge in [0.2, 0.25) is 0 Å². The third kappa shape index (κ3) is 2.93. The lowest BCUT2D eigenvalue weighted by Crippen LogP contribution is -2.47. The number of hydrogen-bond donors (Lipinski definition) is 2. The van der Waals surface area contributed by atoms with E-state index in [9.17, 15) is 0 Å². The molecule has 0 spiro atoms. The maximum Gasteiger partial charge on any atom is 0.0601 e. The van der Waals surface area contributed by atoms with Gasteiger partial charge in [0.05, 0.1) is 6.10 Å². The minimum atomic E-state index is 0.522. The van der Waals surface area contributed by atoms with Crippen molar-refractivity contribution in [1.29, 1.82) is 0 Å². The van der Waals surface area contributed by atoms with Crippen LogP contribution in [0.25, 0.3) is 0 Å². The largest absolute Gasteiger partial charge is 0.381 e. The summed E-state index contributed by atoms with van der Waals surface area (Å²) in [5.41, 5.74) is 0. The zero-order valence-electron chi connectivity index (χ0n) is 8.38. The second kappa shape index (κ2) is 4.40. The van der Waals surface area contributed by atoms with Gasteiger partial charge in [-0.05, 0) is 25.7 Å². The van der Waals surface area contributed by atoms with Gasteiger partial charge in [0.25, 0.3) is 0 Å². The first-order chi connectivity index (χ1) is 6.38. The van der Waals surface area contributed by atoms with E-state index >= 15 is 0 Å². The van der Waals surface area contributed by atoms with E-state index in [2.05, 4.69) is 10.6 Å². The van der Waals surface area contributed by atoms with E-state index in [1.165, 1.54) is 25.7 Å². The predicted octanol–water partition coefficient (Wildman–Crippen LogP) is 0.505. The lowest BCUT2D eigenvalue weighted by Gasteiger charge is -2.34. The molecule has 0 aromatic carbocycles. The molecule has 13 heavy (non-hydrogen) atoms. The Bertz CT molecular complexity index is 153. The highest BCUT2D eigenvalue weighted by atomic mass is 16.5. The highest BCUT2D eigenvalue weighted by molar-refractivity contribution is 4.86. The first-order valence-corrected chi connectivity index (χ1v) is 5.38. The maximum atomic E-state index is 5.22. The van der Waals surface area contributed by atoms with Crippen LogP contribution in [0.4, 0.5) is 0 Å². The number of rotatable bonds is 6. The summed E-state index contributed by atoms with van der Waals surface area (Å²) in [6.07, 6.45) is 5.68. The Labute approximate surface area is 80.2 Å². The van der Waals surface area contributed by atoms with Crippen LogP contribution in [0.2, 0.25) is 0 Å². The van der Waals surface area contributed by atoms with Crippen molar-refractivity contribution < 1.29 is 4.74 Å². The van der Waals surface area contributed by atoms with Gasteiger partial charge in [0.1, 0.15) is 0 Å². The van der Waals surface area contributed by atoms with Crippen LogP contribution in [0.15, 0.2) is 0 Å². The second-order valence-electron chi connectivity index (χ2n) is 4.21. The summed E-state index contributed by atoms with van der Waals surface area (Å²) < 4.78 is 5.22. The molecule has 3 heteroatoms. The lowest BCUT2D eigenvalue weighted by molar-refractivity contribution is 0.0177. The molecule has 0 atom stereocenters. The van der Waals surface area contributed by atoms with Crippen LogP contribution in [0.1, 0.15) is 25.7 Å². The lowest BCUT2D eigenvalue weighted by atomic mass is 9.89. The number of nitrogens with one attached hydrogen (secondary N) is 2. The fourth-order valence-corrected chi connectivity index (χ4v) is 1.76. The first kappa shape index (κ1) is 9.44. The van der Waals surface area contributed by atoms with Crippen LogP contribution in [-0.4, -0.2) is 38.4 Å². The molecule has 0 amide bonds. The molecule has 0 saturated heterocycles. The molecule has 2 aliphatic carbocycles. The molecule has 0 heterocycles. The summed E-state index contributed by atoms with van der Waals surface area (Å²) in [7, 11) is 1.80. The molecular weight excluding hydrogens is 164 g/mol.